The van der Waals surface area contributed by atoms with Crippen molar-refractivity contribution in [3.8, 4) is 6.07 Å². The van der Waals surface area contributed by atoms with Gasteiger partial charge in [-0.05, 0) is 55.2 Å². The van der Waals surface area contributed by atoms with Crippen LogP contribution in [0.5, 0.6) is 0 Å². The monoisotopic (exact) mass is 771 g/mol. The summed E-state index contributed by atoms with van der Waals surface area (Å²) in [4.78, 5) is 14.6. The summed E-state index contributed by atoms with van der Waals surface area (Å²) in [5.74, 6) is -0.0535. The molecular formula is C42H67FN5O5P. The first-order chi connectivity index (χ1) is 26.5. The maximum Gasteiger partial charge on any atom is 0.330 e. The number of nitrogens with zero attached hydrogens (tertiary/aromatic N) is 4. The second-order valence-corrected chi connectivity index (χ2v) is 15.2. The molecule has 1 fully saturated rings. The third kappa shape index (κ3) is 17.4. The maximum absolute atomic E-state index is 14.0. The molecule has 0 radical (unpaired) electrons. The summed E-state index contributed by atoms with van der Waals surface area (Å²) in [5, 5.41) is 13.5. The highest BCUT2D eigenvalue weighted by molar-refractivity contribution is 7.40. The lowest BCUT2D eigenvalue weighted by Gasteiger charge is -2.20. The van der Waals surface area contributed by atoms with E-state index in [0.717, 1.165) is 43.3 Å². The van der Waals surface area contributed by atoms with Gasteiger partial charge >= 0.3 is 8.60 Å². The van der Waals surface area contributed by atoms with Crippen LogP contribution in [0, 0.1) is 17.1 Å². The van der Waals surface area contributed by atoms with E-state index < -0.39 is 14.4 Å². The number of ether oxygens (including phenoxy) is 2. The van der Waals surface area contributed by atoms with Crippen molar-refractivity contribution in [3.63, 3.8) is 0 Å². The molecule has 3 N–H and O–H groups in total. The Labute approximate surface area is 325 Å². The molecule has 0 bridgehead atoms. The first-order valence-electron chi connectivity index (χ1n) is 20.8. The number of fused-ring (bicyclic) bond motifs is 1. The molecule has 10 nitrogen and oxygen atoms in total. The minimum absolute atomic E-state index is 0.145. The van der Waals surface area contributed by atoms with Crippen LogP contribution in [-0.4, -0.2) is 44.9 Å². The molecule has 0 saturated carbocycles. The number of benzene rings is 1. The molecule has 1 aliphatic rings. The summed E-state index contributed by atoms with van der Waals surface area (Å²) >= 11 is 0. The van der Waals surface area contributed by atoms with Gasteiger partial charge in [-0.15, -0.1) is 0 Å². The lowest BCUT2D eigenvalue weighted by molar-refractivity contribution is -0.00970. The van der Waals surface area contributed by atoms with Gasteiger partial charge in [-0.25, -0.2) is 13.9 Å². The van der Waals surface area contributed by atoms with Gasteiger partial charge in [0.05, 0.1) is 49.4 Å². The van der Waals surface area contributed by atoms with E-state index in [0.29, 0.717) is 11.4 Å². The second-order valence-electron chi connectivity index (χ2n) is 14.2. The highest BCUT2D eigenvalue weighted by Gasteiger charge is 2.30. The average molecular weight is 772 g/mol. The first-order valence-corrected chi connectivity index (χ1v) is 21.9. The van der Waals surface area contributed by atoms with E-state index in [9.17, 15) is 14.5 Å². The Hall–Kier alpha value is -2.71. The Bertz CT molecular complexity index is 1470. The largest absolute Gasteiger partial charge is 0.382 e. The van der Waals surface area contributed by atoms with Crippen LogP contribution in [0.2, 0.25) is 0 Å². The zero-order valence-corrected chi connectivity index (χ0v) is 34.1. The lowest BCUT2D eigenvalue weighted by atomic mass is 10.0. The Kier molecular flexibility index (Phi) is 23.5. The number of nitrogen functional groups attached to an aromatic ring is 1. The standard InChI is InChI=1S/C40H61FN5O5P.C2H6/c1-2-3-4-5-6-7-8-9-10-11-12-13-14-15-16-17-18-19-35(48-28-33-24-32(27-42)25-34(41)26-33)29-49-52(47)50-30-36-20-23-39(51-36)37-21-22-38-40(43)44-31-45-46(37)38;1-2/h21-22,24-26,31,35-36,39,47H,2-20,23,28-30H2,1H3,(H2,43,44,45);1-2H3. The van der Waals surface area contributed by atoms with Crippen LogP contribution >= 0.6 is 8.60 Å². The van der Waals surface area contributed by atoms with Gasteiger partial charge in [-0.2, -0.15) is 10.4 Å². The molecule has 4 atom stereocenters. The molecule has 54 heavy (non-hydrogen) atoms. The highest BCUT2D eigenvalue weighted by Crippen LogP contribution is 2.38. The van der Waals surface area contributed by atoms with E-state index in [1.807, 2.05) is 32.0 Å². The molecule has 0 amide bonds. The smallest absolute Gasteiger partial charge is 0.330 e. The predicted octanol–water partition coefficient (Wildman–Crippen LogP) is 11.4. The van der Waals surface area contributed by atoms with Gasteiger partial charge in [0.25, 0.3) is 0 Å². The quantitative estimate of drug-likeness (QED) is 0.0546. The fourth-order valence-electron chi connectivity index (χ4n) is 6.92. The molecule has 2 aromatic heterocycles. The second kappa shape index (κ2) is 27.8. The van der Waals surface area contributed by atoms with Crippen molar-refractivity contribution in [2.24, 2.45) is 0 Å². The van der Waals surface area contributed by atoms with Crippen LogP contribution in [-0.2, 0) is 25.1 Å². The topological polar surface area (TPSA) is 137 Å². The van der Waals surface area contributed by atoms with Gasteiger partial charge in [0, 0.05) is 0 Å². The Morgan fingerprint density at radius 1 is 0.926 bits per heavy atom. The molecule has 12 heteroatoms. The number of hydrogen-bond acceptors (Lipinski definition) is 9. The highest BCUT2D eigenvalue weighted by atomic mass is 31.2. The van der Waals surface area contributed by atoms with Crippen molar-refractivity contribution >= 4 is 19.9 Å². The lowest BCUT2D eigenvalue weighted by Crippen LogP contribution is -2.20. The summed E-state index contributed by atoms with van der Waals surface area (Å²) in [7, 11) is -2.14. The van der Waals surface area contributed by atoms with Crippen LogP contribution in [0.25, 0.3) is 5.52 Å². The van der Waals surface area contributed by atoms with Crippen LogP contribution in [0.15, 0.2) is 36.7 Å². The van der Waals surface area contributed by atoms with E-state index >= 15 is 0 Å². The Morgan fingerprint density at radius 3 is 2.19 bits per heavy atom. The van der Waals surface area contributed by atoms with Crippen LogP contribution in [0.4, 0.5) is 10.2 Å². The van der Waals surface area contributed by atoms with Crippen LogP contribution in [0.3, 0.4) is 0 Å². The van der Waals surface area contributed by atoms with E-state index in [4.69, 9.17) is 24.3 Å². The zero-order valence-electron chi connectivity index (χ0n) is 33.2. The molecule has 1 aliphatic heterocycles. The van der Waals surface area contributed by atoms with Gasteiger partial charge < -0.3 is 29.1 Å². The van der Waals surface area contributed by atoms with Crippen molar-refractivity contribution < 1.29 is 27.8 Å². The van der Waals surface area contributed by atoms with Crippen LogP contribution in [0.1, 0.15) is 172 Å². The summed E-state index contributed by atoms with van der Waals surface area (Å²) in [6.45, 7) is 6.76. The number of nitriles is 1. The molecule has 0 spiro atoms. The number of nitrogens with two attached hydrogens (primary N) is 1. The van der Waals surface area contributed by atoms with Gasteiger partial charge in [-0.3, -0.25) is 0 Å². The number of halogens is 1. The summed E-state index contributed by atoms with van der Waals surface area (Å²) in [5.41, 5.74) is 8.46. The maximum atomic E-state index is 14.0. The van der Waals surface area contributed by atoms with Crippen molar-refractivity contribution in [2.45, 2.75) is 174 Å². The Morgan fingerprint density at radius 2 is 1.56 bits per heavy atom. The molecule has 1 aromatic carbocycles. The average Bonchev–Trinajstić information content (AvgIpc) is 3.84. The third-order valence-electron chi connectivity index (χ3n) is 9.89. The van der Waals surface area contributed by atoms with Crippen molar-refractivity contribution in [2.75, 3.05) is 18.9 Å². The van der Waals surface area contributed by atoms with Crippen molar-refractivity contribution in [3.05, 3.63) is 59.3 Å². The summed E-state index contributed by atoms with van der Waals surface area (Å²) in [6, 6.07) is 10.0. The molecule has 4 rings (SSSR count). The van der Waals surface area contributed by atoms with E-state index in [1.165, 1.54) is 115 Å². The molecule has 0 aliphatic carbocycles. The summed E-state index contributed by atoms with van der Waals surface area (Å²) in [6.07, 6.45) is 25.3. The third-order valence-corrected chi connectivity index (χ3v) is 10.6. The number of unbranched alkanes of at least 4 members (excludes halogenated alkanes) is 16. The van der Waals surface area contributed by atoms with E-state index in [-0.39, 0.29) is 43.7 Å². The molecule has 1 saturated heterocycles. The Balaban J connectivity index is 0.00000385. The normalized spacial score (nSPS) is 16.6. The molecule has 4 unspecified atom stereocenters. The van der Waals surface area contributed by atoms with E-state index in [2.05, 4.69) is 17.0 Å². The predicted molar refractivity (Wildman–Crippen MR) is 215 cm³/mol. The van der Waals surface area contributed by atoms with Gasteiger partial charge in [0.2, 0.25) is 0 Å². The zero-order chi connectivity index (χ0) is 38.8. The fraction of sp³-hybridized carbons (Fsp3) is 0.690. The van der Waals surface area contributed by atoms with Crippen molar-refractivity contribution in [1.82, 2.24) is 14.6 Å². The number of hydrogen-bond donors (Lipinski definition) is 2. The molecule has 3 heterocycles. The van der Waals surface area contributed by atoms with E-state index in [1.54, 1.807) is 10.6 Å². The minimum atomic E-state index is -2.14. The van der Waals surface area contributed by atoms with Crippen molar-refractivity contribution in [1.29, 1.82) is 5.26 Å². The molecule has 3 aromatic rings. The number of anilines is 1. The fourth-order valence-corrected chi connectivity index (χ4v) is 7.58. The first kappa shape index (κ1) is 45.7. The molecule has 302 valence electrons. The van der Waals surface area contributed by atoms with Crippen LogP contribution < -0.4 is 5.73 Å². The number of aromatic nitrogens is 3. The van der Waals surface area contributed by atoms with Gasteiger partial charge in [-0.1, -0.05) is 130 Å². The SMILES string of the molecule is CC.CCCCCCCCCCCCCCCCCCCC(COP(O)OCC1CCC(c2ccc3c(N)ncnn23)O1)OCc1cc(F)cc(C#N)c1. The number of rotatable bonds is 28. The molecular weight excluding hydrogens is 704 g/mol. The summed E-state index contributed by atoms with van der Waals surface area (Å²) < 4.78 is 39.5. The van der Waals surface area contributed by atoms with Gasteiger partial charge in [0.15, 0.2) is 5.82 Å². The minimum Gasteiger partial charge on any atom is -0.382 e. The van der Waals surface area contributed by atoms with Gasteiger partial charge in [0.1, 0.15) is 23.8 Å².